The van der Waals surface area contributed by atoms with E-state index in [0.29, 0.717) is 19.3 Å². The Morgan fingerprint density at radius 1 is 0.344 bits per heavy atom. The summed E-state index contributed by atoms with van der Waals surface area (Å²) in [5.41, 5.74) is 0. The average molecular weight is 863 g/mol. The van der Waals surface area contributed by atoms with E-state index in [1.54, 1.807) is 0 Å². The van der Waals surface area contributed by atoms with Crippen molar-refractivity contribution in [1.29, 1.82) is 0 Å². The molecule has 0 bridgehead atoms. The van der Waals surface area contributed by atoms with Gasteiger partial charge in [-0.1, -0.05) is 266 Å². The minimum Gasteiger partial charge on any atom is -0.462 e. The fraction of sp³-hybridized carbons (Fsp3) is 0.945. The predicted molar refractivity (Wildman–Crippen MR) is 261 cm³/mol. The molecule has 0 radical (unpaired) electrons. The van der Waals surface area contributed by atoms with E-state index >= 15 is 0 Å². The number of hydrogen-bond donors (Lipinski definition) is 0. The van der Waals surface area contributed by atoms with Crippen LogP contribution < -0.4 is 0 Å². The van der Waals surface area contributed by atoms with Crippen LogP contribution in [0.4, 0.5) is 0 Å². The Kier molecular flexibility index (Phi) is 46.6. The zero-order valence-electron chi connectivity index (χ0n) is 41.8. The average Bonchev–Trinajstić information content (AvgIpc) is 3.24. The molecular formula is C55H106O6. The van der Waals surface area contributed by atoms with Crippen molar-refractivity contribution < 1.29 is 28.6 Å². The SMILES string of the molecule is CCCCCCCCCCCC(=O)O[C@@H](COC(=O)CCCCCCCCCCCCCCCCC(C)CC)COC(=O)CCCCCCCCCCCCCCCC(C)C. The van der Waals surface area contributed by atoms with E-state index < -0.39 is 6.10 Å². The third-order valence-electron chi connectivity index (χ3n) is 12.8. The molecule has 0 aromatic heterocycles. The lowest BCUT2D eigenvalue weighted by Crippen LogP contribution is -2.30. The Labute approximate surface area is 380 Å². The van der Waals surface area contributed by atoms with Crippen molar-refractivity contribution >= 4 is 17.9 Å². The van der Waals surface area contributed by atoms with Crippen LogP contribution in [0, 0.1) is 11.8 Å². The molecule has 0 aliphatic heterocycles. The van der Waals surface area contributed by atoms with Crippen molar-refractivity contribution in [3.8, 4) is 0 Å². The van der Waals surface area contributed by atoms with Crippen LogP contribution >= 0.6 is 0 Å². The molecule has 0 aliphatic carbocycles. The Bertz CT molecular complexity index is 933. The Balaban J connectivity index is 4.21. The second kappa shape index (κ2) is 47.9. The zero-order valence-corrected chi connectivity index (χ0v) is 41.8. The van der Waals surface area contributed by atoms with Gasteiger partial charge < -0.3 is 14.2 Å². The largest absolute Gasteiger partial charge is 0.462 e. The van der Waals surface area contributed by atoms with Crippen molar-refractivity contribution in [3.63, 3.8) is 0 Å². The van der Waals surface area contributed by atoms with Gasteiger partial charge in [0.05, 0.1) is 0 Å². The fourth-order valence-corrected chi connectivity index (χ4v) is 8.31. The van der Waals surface area contributed by atoms with Crippen LogP contribution in [0.15, 0.2) is 0 Å². The van der Waals surface area contributed by atoms with Gasteiger partial charge in [-0.15, -0.1) is 0 Å². The summed E-state index contributed by atoms with van der Waals surface area (Å²) in [6.45, 7) is 11.4. The molecule has 2 atom stereocenters. The first kappa shape index (κ1) is 59.4. The van der Waals surface area contributed by atoms with Crippen molar-refractivity contribution in [1.82, 2.24) is 0 Å². The quantitative estimate of drug-likeness (QED) is 0.0344. The van der Waals surface area contributed by atoms with Gasteiger partial charge in [0.25, 0.3) is 0 Å². The van der Waals surface area contributed by atoms with Crippen LogP contribution in [-0.2, 0) is 28.6 Å². The number of unbranched alkanes of at least 4 members (excludes halogenated alkanes) is 33. The number of carbonyl (C=O) groups excluding carboxylic acids is 3. The lowest BCUT2D eigenvalue weighted by Gasteiger charge is -2.18. The van der Waals surface area contributed by atoms with Crippen LogP contribution in [0.3, 0.4) is 0 Å². The number of rotatable bonds is 49. The van der Waals surface area contributed by atoms with E-state index in [9.17, 15) is 14.4 Å². The summed E-state index contributed by atoms with van der Waals surface area (Å²) in [6.07, 6.45) is 49.4. The number of carbonyl (C=O) groups is 3. The Morgan fingerprint density at radius 3 is 0.934 bits per heavy atom. The molecule has 0 aliphatic rings. The molecule has 0 aromatic rings. The monoisotopic (exact) mass is 863 g/mol. The summed E-state index contributed by atoms with van der Waals surface area (Å²) in [5, 5.41) is 0. The molecule has 0 N–H and O–H groups in total. The molecule has 0 rings (SSSR count). The van der Waals surface area contributed by atoms with Crippen LogP contribution in [-0.4, -0.2) is 37.2 Å². The molecule has 0 fully saturated rings. The van der Waals surface area contributed by atoms with Gasteiger partial charge in [-0.05, 0) is 31.1 Å². The number of hydrogen-bond acceptors (Lipinski definition) is 6. The van der Waals surface area contributed by atoms with Crippen molar-refractivity contribution in [2.24, 2.45) is 11.8 Å². The maximum Gasteiger partial charge on any atom is 0.306 e. The zero-order chi connectivity index (χ0) is 44.7. The predicted octanol–water partition coefficient (Wildman–Crippen LogP) is 17.7. The third kappa shape index (κ3) is 47.7. The summed E-state index contributed by atoms with van der Waals surface area (Å²) >= 11 is 0. The van der Waals surface area contributed by atoms with Crippen LogP contribution in [0.5, 0.6) is 0 Å². The topological polar surface area (TPSA) is 78.9 Å². The first-order valence-corrected chi connectivity index (χ1v) is 27.3. The van der Waals surface area contributed by atoms with Gasteiger partial charge in [-0.2, -0.15) is 0 Å². The van der Waals surface area contributed by atoms with Gasteiger partial charge in [0.15, 0.2) is 6.10 Å². The molecule has 0 spiro atoms. The highest BCUT2D eigenvalue weighted by Crippen LogP contribution is 2.18. The molecular weight excluding hydrogens is 757 g/mol. The highest BCUT2D eigenvalue weighted by atomic mass is 16.6. The van der Waals surface area contributed by atoms with Crippen molar-refractivity contribution in [2.75, 3.05) is 13.2 Å². The molecule has 1 unspecified atom stereocenters. The molecule has 6 heteroatoms. The van der Waals surface area contributed by atoms with E-state index in [2.05, 4.69) is 34.6 Å². The van der Waals surface area contributed by atoms with Gasteiger partial charge in [0.2, 0.25) is 0 Å². The van der Waals surface area contributed by atoms with E-state index in [-0.39, 0.29) is 31.1 Å². The molecule has 6 nitrogen and oxygen atoms in total. The maximum atomic E-state index is 12.7. The van der Waals surface area contributed by atoms with Gasteiger partial charge in [-0.25, -0.2) is 0 Å². The van der Waals surface area contributed by atoms with Gasteiger partial charge >= 0.3 is 17.9 Å². The van der Waals surface area contributed by atoms with E-state index in [1.165, 1.54) is 193 Å². The second-order valence-corrected chi connectivity index (χ2v) is 19.6. The van der Waals surface area contributed by atoms with E-state index in [0.717, 1.165) is 69.6 Å². The second-order valence-electron chi connectivity index (χ2n) is 19.6. The first-order valence-electron chi connectivity index (χ1n) is 27.3. The first-order chi connectivity index (χ1) is 29.8. The molecule has 0 heterocycles. The lowest BCUT2D eigenvalue weighted by molar-refractivity contribution is -0.167. The molecule has 0 saturated heterocycles. The minimum absolute atomic E-state index is 0.0633. The number of ether oxygens (including phenoxy) is 3. The summed E-state index contributed by atoms with van der Waals surface area (Å²) in [7, 11) is 0. The van der Waals surface area contributed by atoms with Crippen LogP contribution in [0.25, 0.3) is 0 Å². The highest BCUT2D eigenvalue weighted by molar-refractivity contribution is 5.71. The molecule has 362 valence electrons. The molecule has 0 aromatic carbocycles. The number of esters is 3. The van der Waals surface area contributed by atoms with Crippen molar-refractivity contribution in [2.45, 2.75) is 310 Å². The van der Waals surface area contributed by atoms with Crippen LogP contribution in [0.2, 0.25) is 0 Å². The van der Waals surface area contributed by atoms with E-state index in [1.807, 2.05) is 0 Å². The fourth-order valence-electron chi connectivity index (χ4n) is 8.31. The lowest BCUT2D eigenvalue weighted by atomic mass is 9.99. The van der Waals surface area contributed by atoms with Crippen LogP contribution in [0.1, 0.15) is 304 Å². The summed E-state index contributed by atoms with van der Waals surface area (Å²) in [4.78, 5) is 37.9. The Hall–Kier alpha value is -1.59. The maximum absolute atomic E-state index is 12.7. The molecule has 0 saturated carbocycles. The third-order valence-corrected chi connectivity index (χ3v) is 12.8. The van der Waals surface area contributed by atoms with E-state index in [4.69, 9.17) is 14.2 Å². The summed E-state index contributed by atoms with van der Waals surface area (Å²) in [5.74, 6) is 0.889. The van der Waals surface area contributed by atoms with Gasteiger partial charge in [0.1, 0.15) is 13.2 Å². The summed E-state index contributed by atoms with van der Waals surface area (Å²) < 4.78 is 16.8. The van der Waals surface area contributed by atoms with Gasteiger partial charge in [0, 0.05) is 19.3 Å². The molecule has 0 amide bonds. The Morgan fingerprint density at radius 2 is 0.623 bits per heavy atom. The van der Waals surface area contributed by atoms with Crippen molar-refractivity contribution in [3.05, 3.63) is 0 Å². The molecule has 61 heavy (non-hydrogen) atoms. The highest BCUT2D eigenvalue weighted by Gasteiger charge is 2.19. The minimum atomic E-state index is -0.761. The standard InChI is InChI=1S/C55H106O6/c1-6-8-9-10-11-23-32-37-42-47-55(58)61-52(49-60-54(57)46-41-36-31-27-22-18-14-15-19-24-28-33-38-43-50(3)4)48-59-53(56)45-40-35-30-26-21-17-13-12-16-20-25-29-34-39-44-51(5)7-2/h50-52H,6-49H2,1-5H3/t51?,52-/m0/s1. The summed E-state index contributed by atoms with van der Waals surface area (Å²) in [6, 6.07) is 0. The smallest absolute Gasteiger partial charge is 0.306 e. The normalized spacial score (nSPS) is 12.5. The van der Waals surface area contributed by atoms with Gasteiger partial charge in [-0.3, -0.25) is 14.4 Å².